The summed E-state index contributed by atoms with van der Waals surface area (Å²) in [6, 6.07) is 1.75. The molecule has 0 aromatic carbocycles. The van der Waals surface area contributed by atoms with Gasteiger partial charge in [0.05, 0.1) is 5.54 Å². The van der Waals surface area contributed by atoms with Gasteiger partial charge in [-0.15, -0.1) is 0 Å². The predicted octanol–water partition coefficient (Wildman–Crippen LogP) is 1.36. The van der Waals surface area contributed by atoms with Crippen LogP contribution < -0.4 is 16.6 Å². The van der Waals surface area contributed by atoms with Gasteiger partial charge >= 0.3 is 0 Å². The summed E-state index contributed by atoms with van der Waals surface area (Å²) in [5, 5.41) is 2.92. The maximum absolute atomic E-state index is 12.4. The molecule has 5 heteroatoms. The van der Waals surface area contributed by atoms with Crippen molar-refractivity contribution in [2.45, 2.75) is 52.0 Å². The summed E-state index contributed by atoms with van der Waals surface area (Å²) < 4.78 is 0. The Morgan fingerprint density at radius 3 is 2.71 bits per heavy atom. The number of hydrogen-bond acceptors (Lipinski definition) is 3. The number of aryl methyl sites for hydroxylation is 2. The largest absolute Gasteiger partial charge is 0.345 e. The number of rotatable bonds is 4. The van der Waals surface area contributed by atoms with Gasteiger partial charge in [0.1, 0.15) is 5.56 Å². The molecule has 0 radical (unpaired) electrons. The fraction of sp³-hybridized carbons (Fsp3) is 0.625. The Morgan fingerprint density at radius 2 is 2.10 bits per heavy atom. The second-order valence-corrected chi connectivity index (χ2v) is 6.45. The third-order valence-corrected chi connectivity index (χ3v) is 4.68. The number of H-pyrrole nitrogens is 1. The summed E-state index contributed by atoms with van der Waals surface area (Å²) in [6.45, 7) is 6.25. The van der Waals surface area contributed by atoms with Gasteiger partial charge < -0.3 is 16.0 Å². The van der Waals surface area contributed by atoms with E-state index < -0.39 is 5.54 Å². The van der Waals surface area contributed by atoms with Crippen LogP contribution in [0.1, 0.15) is 55.2 Å². The maximum Gasteiger partial charge on any atom is 0.261 e. The van der Waals surface area contributed by atoms with Gasteiger partial charge in [0.25, 0.3) is 11.5 Å². The van der Waals surface area contributed by atoms with Gasteiger partial charge in [-0.25, -0.2) is 0 Å². The molecule has 1 aromatic rings. The van der Waals surface area contributed by atoms with Crippen molar-refractivity contribution < 1.29 is 4.79 Å². The lowest BCUT2D eigenvalue weighted by Gasteiger charge is -2.33. The predicted molar refractivity (Wildman–Crippen MR) is 83.5 cm³/mol. The normalized spacial score (nSPS) is 17.2. The Bertz CT molecular complexity index is 592. The molecule has 4 N–H and O–H groups in total. The second-order valence-electron chi connectivity index (χ2n) is 6.45. The summed E-state index contributed by atoms with van der Waals surface area (Å²) in [4.78, 5) is 27.4. The molecule has 1 aliphatic rings. The highest BCUT2D eigenvalue weighted by Gasteiger charge is 2.30. The van der Waals surface area contributed by atoms with E-state index >= 15 is 0 Å². The quantitative estimate of drug-likeness (QED) is 0.782. The first-order valence-electron chi connectivity index (χ1n) is 7.65. The zero-order chi connectivity index (χ0) is 15.6. The van der Waals surface area contributed by atoms with Gasteiger partial charge in [0.2, 0.25) is 0 Å². The van der Waals surface area contributed by atoms with Gasteiger partial charge in [-0.1, -0.05) is 13.8 Å². The van der Waals surface area contributed by atoms with E-state index in [4.69, 9.17) is 5.73 Å². The van der Waals surface area contributed by atoms with Crippen LogP contribution >= 0.6 is 0 Å². The van der Waals surface area contributed by atoms with Crippen molar-refractivity contribution in [1.82, 2.24) is 10.3 Å². The van der Waals surface area contributed by atoms with Crippen LogP contribution in [0.4, 0.5) is 0 Å². The van der Waals surface area contributed by atoms with Crippen LogP contribution in [0, 0.1) is 5.92 Å². The molecule has 1 unspecified atom stereocenters. The van der Waals surface area contributed by atoms with E-state index in [9.17, 15) is 9.59 Å². The average Bonchev–Trinajstić information content (AvgIpc) is 2.46. The van der Waals surface area contributed by atoms with Crippen LogP contribution in [0.15, 0.2) is 10.9 Å². The van der Waals surface area contributed by atoms with Crippen molar-refractivity contribution in [3.05, 3.63) is 33.2 Å². The highest BCUT2D eigenvalue weighted by Crippen LogP contribution is 2.19. The molecule has 116 valence electrons. The van der Waals surface area contributed by atoms with Crippen molar-refractivity contribution in [2.24, 2.45) is 11.7 Å². The number of aromatic nitrogens is 1. The first kappa shape index (κ1) is 15.8. The molecule has 5 nitrogen and oxygen atoms in total. The van der Waals surface area contributed by atoms with Crippen LogP contribution in [-0.2, 0) is 12.8 Å². The average molecular weight is 291 g/mol. The van der Waals surface area contributed by atoms with E-state index in [-0.39, 0.29) is 22.9 Å². The number of carbonyl (C=O) groups is 1. The van der Waals surface area contributed by atoms with E-state index in [1.165, 1.54) is 0 Å². The second kappa shape index (κ2) is 6.02. The molecule has 1 heterocycles. The van der Waals surface area contributed by atoms with Crippen LogP contribution in [0.5, 0.6) is 0 Å². The molecule has 1 amide bonds. The van der Waals surface area contributed by atoms with E-state index in [2.05, 4.69) is 10.3 Å². The summed E-state index contributed by atoms with van der Waals surface area (Å²) in [6.07, 6.45) is 4.00. The number of nitrogens with two attached hydrogens (primary N) is 1. The molecule has 2 rings (SSSR count). The van der Waals surface area contributed by atoms with Crippen molar-refractivity contribution in [2.75, 3.05) is 6.54 Å². The Balaban J connectivity index is 2.29. The third-order valence-electron chi connectivity index (χ3n) is 4.68. The highest BCUT2D eigenvalue weighted by atomic mass is 16.2. The van der Waals surface area contributed by atoms with Gasteiger partial charge in [-0.2, -0.15) is 0 Å². The summed E-state index contributed by atoms with van der Waals surface area (Å²) in [7, 11) is 0. The monoisotopic (exact) mass is 291 g/mol. The minimum absolute atomic E-state index is 0.183. The minimum Gasteiger partial charge on any atom is -0.345 e. The molecule has 1 atom stereocenters. The lowest BCUT2D eigenvalue weighted by molar-refractivity contribution is 0.0881. The molecule has 0 fully saturated rings. The van der Waals surface area contributed by atoms with Crippen LogP contribution in [0.2, 0.25) is 0 Å². The van der Waals surface area contributed by atoms with Gasteiger partial charge in [0, 0.05) is 12.2 Å². The zero-order valence-electron chi connectivity index (χ0n) is 13.1. The molecule has 0 spiro atoms. The first-order valence-corrected chi connectivity index (χ1v) is 7.65. The molecule has 1 aliphatic carbocycles. The third kappa shape index (κ3) is 3.18. The van der Waals surface area contributed by atoms with Gasteiger partial charge in [-0.3, -0.25) is 9.59 Å². The smallest absolute Gasteiger partial charge is 0.261 e. The Kier molecular flexibility index (Phi) is 4.52. The molecular formula is C16H25N3O2. The molecule has 0 saturated carbocycles. The van der Waals surface area contributed by atoms with Crippen molar-refractivity contribution in [3.8, 4) is 0 Å². The van der Waals surface area contributed by atoms with E-state index in [1.54, 1.807) is 6.07 Å². The Hall–Kier alpha value is -1.62. The lowest BCUT2D eigenvalue weighted by atomic mass is 9.88. The highest BCUT2D eigenvalue weighted by molar-refractivity contribution is 5.94. The van der Waals surface area contributed by atoms with Gasteiger partial charge in [-0.05, 0) is 50.2 Å². The van der Waals surface area contributed by atoms with Crippen molar-refractivity contribution in [3.63, 3.8) is 0 Å². The van der Waals surface area contributed by atoms with E-state index in [1.807, 2.05) is 20.8 Å². The van der Waals surface area contributed by atoms with Crippen LogP contribution in [0.3, 0.4) is 0 Å². The molecule has 21 heavy (non-hydrogen) atoms. The first-order chi connectivity index (χ1) is 9.87. The van der Waals surface area contributed by atoms with Crippen LogP contribution in [0.25, 0.3) is 0 Å². The number of carbonyl (C=O) groups excluding carboxylic acids is 1. The maximum atomic E-state index is 12.4. The summed E-state index contributed by atoms with van der Waals surface area (Å²) >= 11 is 0. The molecule has 1 aromatic heterocycles. The number of aromatic amines is 1. The van der Waals surface area contributed by atoms with Crippen LogP contribution in [-0.4, -0.2) is 23.0 Å². The molecular weight excluding hydrogens is 266 g/mol. The fourth-order valence-corrected chi connectivity index (χ4v) is 2.60. The summed E-state index contributed by atoms with van der Waals surface area (Å²) in [5.74, 6) is -0.158. The SMILES string of the molecule is CC(C)C(C)(CN)NC(=O)c1cc2c([nH]c1=O)CCCC2. The standard InChI is InChI=1S/C16H25N3O2/c1-10(2)16(3,9-17)19-15(21)12-8-11-6-4-5-7-13(11)18-14(12)20/h8,10H,4-7,9,17H2,1-3H3,(H,18,20)(H,19,21). The fourth-order valence-electron chi connectivity index (χ4n) is 2.60. The minimum atomic E-state index is -0.514. The van der Waals surface area contributed by atoms with E-state index in [0.29, 0.717) is 6.54 Å². The molecule has 0 bridgehead atoms. The molecule has 0 aliphatic heterocycles. The van der Waals surface area contributed by atoms with Crippen molar-refractivity contribution >= 4 is 5.91 Å². The topological polar surface area (TPSA) is 88.0 Å². The van der Waals surface area contributed by atoms with Gasteiger partial charge in [0.15, 0.2) is 0 Å². The van der Waals surface area contributed by atoms with E-state index in [0.717, 1.165) is 36.9 Å². The Labute approximate surface area is 125 Å². The zero-order valence-corrected chi connectivity index (χ0v) is 13.1. The number of nitrogens with one attached hydrogen (secondary N) is 2. The number of hydrogen-bond donors (Lipinski definition) is 3. The Morgan fingerprint density at radius 1 is 1.43 bits per heavy atom. The lowest BCUT2D eigenvalue weighted by Crippen LogP contribution is -2.55. The number of pyridine rings is 1. The van der Waals surface area contributed by atoms with Crippen molar-refractivity contribution in [1.29, 1.82) is 0 Å². The summed E-state index contributed by atoms with van der Waals surface area (Å²) in [5.41, 5.74) is 7.22. The number of amides is 1. The molecule has 0 saturated heterocycles. The number of fused-ring (bicyclic) bond motifs is 1.